The molecule has 0 radical (unpaired) electrons. The maximum absolute atomic E-state index is 12.6. The van der Waals surface area contributed by atoms with Crippen molar-refractivity contribution in [3.8, 4) is 0 Å². The van der Waals surface area contributed by atoms with Crippen LogP contribution >= 0.6 is 35.6 Å². The molecule has 2 aliphatic heterocycles. The highest BCUT2D eigenvalue weighted by Gasteiger charge is 2.26. The number of hydrogen-bond acceptors (Lipinski definition) is 4. The molecule has 0 spiro atoms. The van der Waals surface area contributed by atoms with E-state index in [2.05, 4.69) is 10.3 Å². The Hall–Kier alpha value is -1.10. The first-order valence-corrected chi connectivity index (χ1v) is 10.2. The molecule has 1 aromatic rings. The monoisotopic (exact) mass is 536 g/mol. The van der Waals surface area contributed by atoms with Gasteiger partial charge in [0, 0.05) is 44.9 Å². The van der Waals surface area contributed by atoms with E-state index < -0.39 is 0 Å². The van der Waals surface area contributed by atoms with Crippen LogP contribution in [0.5, 0.6) is 0 Å². The third-order valence-corrected chi connectivity index (χ3v) is 5.23. The number of amides is 1. The maximum atomic E-state index is 12.6. The summed E-state index contributed by atoms with van der Waals surface area (Å²) in [5, 5.41) is 3.98. The molecule has 162 valence electrons. The standard InChI is InChI=1S/C20H29ClN4O3.HI/c1-22-20(23-8-12-27-15-18-3-2-11-28-18)25-10-9-24(19(26)14-25)13-16-4-6-17(21)7-5-16;/h4-7,18H,2-3,8-15H2,1H3,(H,22,23);1H. The lowest BCUT2D eigenvalue weighted by atomic mass is 10.2. The fourth-order valence-corrected chi connectivity index (χ4v) is 3.55. The Kier molecular flexibility index (Phi) is 10.5. The molecule has 0 saturated carbocycles. The van der Waals surface area contributed by atoms with Crippen LogP contribution in [-0.2, 0) is 20.8 Å². The van der Waals surface area contributed by atoms with Crippen molar-refractivity contribution in [1.82, 2.24) is 15.1 Å². The van der Waals surface area contributed by atoms with Crippen molar-refractivity contribution < 1.29 is 14.3 Å². The predicted molar refractivity (Wildman–Crippen MR) is 125 cm³/mol. The molecule has 1 amide bonds. The number of aliphatic imine (C=N–C) groups is 1. The van der Waals surface area contributed by atoms with Gasteiger partial charge in [-0.1, -0.05) is 23.7 Å². The van der Waals surface area contributed by atoms with E-state index in [9.17, 15) is 4.79 Å². The Bertz CT molecular complexity index is 668. The quantitative estimate of drug-likeness (QED) is 0.251. The van der Waals surface area contributed by atoms with Gasteiger partial charge in [0.15, 0.2) is 5.96 Å². The number of halogens is 2. The van der Waals surface area contributed by atoms with Crippen LogP contribution in [0.2, 0.25) is 5.02 Å². The molecule has 9 heteroatoms. The number of carbonyl (C=O) groups is 1. The van der Waals surface area contributed by atoms with E-state index >= 15 is 0 Å². The van der Waals surface area contributed by atoms with Crippen LogP contribution in [0, 0.1) is 0 Å². The number of hydrogen-bond donors (Lipinski definition) is 1. The average Bonchev–Trinajstić information content (AvgIpc) is 3.21. The minimum Gasteiger partial charge on any atom is -0.377 e. The highest BCUT2D eigenvalue weighted by Crippen LogP contribution is 2.14. The summed E-state index contributed by atoms with van der Waals surface area (Å²) < 4.78 is 11.2. The Labute approximate surface area is 194 Å². The molecule has 0 aliphatic carbocycles. The third-order valence-electron chi connectivity index (χ3n) is 4.97. The highest BCUT2D eigenvalue weighted by molar-refractivity contribution is 14.0. The number of nitrogens with one attached hydrogen (secondary N) is 1. The number of rotatable bonds is 7. The Morgan fingerprint density at radius 2 is 2.14 bits per heavy atom. The summed E-state index contributed by atoms with van der Waals surface area (Å²) in [4.78, 5) is 20.7. The largest absolute Gasteiger partial charge is 0.377 e. The highest BCUT2D eigenvalue weighted by atomic mass is 127. The van der Waals surface area contributed by atoms with Gasteiger partial charge in [-0.2, -0.15) is 0 Å². The Morgan fingerprint density at radius 3 is 2.79 bits per heavy atom. The number of guanidine groups is 1. The van der Waals surface area contributed by atoms with Gasteiger partial charge >= 0.3 is 0 Å². The van der Waals surface area contributed by atoms with Crippen molar-refractivity contribution in [2.45, 2.75) is 25.5 Å². The van der Waals surface area contributed by atoms with Crippen LogP contribution in [0.25, 0.3) is 0 Å². The van der Waals surface area contributed by atoms with Crippen LogP contribution < -0.4 is 5.32 Å². The number of benzene rings is 1. The summed E-state index contributed by atoms with van der Waals surface area (Å²) in [6.45, 7) is 5.06. The molecule has 0 aromatic heterocycles. The molecule has 2 saturated heterocycles. The van der Waals surface area contributed by atoms with Crippen molar-refractivity contribution in [3.63, 3.8) is 0 Å². The lowest BCUT2D eigenvalue weighted by Crippen LogP contribution is -2.55. The summed E-state index contributed by atoms with van der Waals surface area (Å²) >= 11 is 5.92. The lowest BCUT2D eigenvalue weighted by Gasteiger charge is -2.36. The minimum atomic E-state index is 0. The van der Waals surface area contributed by atoms with Crippen molar-refractivity contribution >= 4 is 47.4 Å². The van der Waals surface area contributed by atoms with Crippen LogP contribution in [-0.4, -0.2) is 80.8 Å². The topological polar surface area (TPSA) is 66.4 Å². The fraction of sp³-hybridized carbons (Fsp3) is 0.600. The summed E-state index contributed by atoms with van der Waals surface area (Å²) in [5.74, 6) is 0.832. The van der Waals surface area contributed by atoms with Gasteiger partial charge in [0.25, 0.3) is 0 Å². The number of nitrogens with zero attached hydrogens (tertiary/aromatic N) is 3. The number of carbonyl (C=O) groups excluding carboxylic acids is 1. The first-order valence-electron chi connectivity index (χ1n) is 9.83. The molecule has 2 aliphatic rings. The van der Waals surface area contributed by atoms with Gasteiger partial charge < -0.3 is 24.6 Å². The maximum Gasteiger partial charge on any atom is 0.242 e. The van der Waals surface area contributed by atoms with Gasteiger partial charge in [-0.3, -0.25) is 9.79 Å². The zero-order valence-electron chi connectivity index (χ0n) is 16.8. The molecule has 1 N–H and O–H groups in total. The van der Waals surface area contributed by atoms with Gasteiger partial charge in [0.05, 0.1) is 25.9 Å². The third kappa shape index (κ3) is 7.58. The molecule has 1 unspecified atom stereocenters. The van der Waals surface area contributed by atoms with Gasteiger partial charge in [-0.05, 0) is 30.5 Å². The van der Waals surface area contributed by atoms with Crippen molar-refractivity contribution in [2.24, 2.45) is 4.99 Å². The number of piperazine rings is 1. The van der Waals surface area contributed by atoms with Crippen LogP contribution in [0.3, 0.4) is 0 Å². The predicted octanol–water partition coefficient (Wildman–Crippen LogP) is 2.37. The smallest absolute Gasteiger partial charge is 0.242 e. The lowest BCUT2D eigenvalue weighted by molar-refractivity contribution is -0.135. The summed E-state index contributed by atoms with van der Waals surface area (Å²) in [5.41, 5.74) is 1.08. The molecule has 7 nitrogen and oxygen atoms in total. The SMILES string of the molecule is CN=C(NCCOCC1CCCO1)N1CCN(Cc2ccc(Cl)cc2)C(=O)C1.I. The van der Waals surface area contributed by atoms with E-state index in [1.807, 2.05) is 34.1 Å². The van der Waals surface area contributed by atoms with Crippen molar-refractivity contribution in [3.05, 3.63) is 34.9 Å². The number of ether oxygens (including phenoxy) is 2. The van der Waals surface area contributed by atoms with Crippen LogP contribution in [0.15, 0.2) is 29.3 Å². The zero-order valence-corrected chi connectivity index (χ0v) is 19.9. The molecule has 1 atom stereocenters. The molecule has 0 bridgehead atoms. The van der Waals surface area contributed by atoms with E-state index in [1.54, 1.807) is 7.05 Å². The van der Waals surface area contributed by atoms with Crippen LogP contribution in [0.4, 0.5) is 0 Å². The first kappa shape index (κ1) is 24.2. The molecular weight excluding hydrogens is 507 g/mol. The molecule has 1 aromatic carbocycles. The summed E-state index contributed by atoms with van der Waals surface area (Å²) in [7, 11) is 1.74. The molecule has 2 heterocycles. The van der Waals surface area contributed by atoms with E-state index in [0.717, 1.165) is 37.5 Å². The van der Waals surface area contributed by atoms with Crippen molar-refractivity contribution in [1.29, 1.82) is 0 Å². The van der Waals surface area contributed by atoms with Crippen LogP contribution in [0.1, 0.15) is 18.4 Å². The Morgan fingerprint density at radius 1 is 1.34 bits per heavy atom. The second kappa shape index (κ2) is 12.6. The molecular formula is C20H30ClIN4O3. The average molecular weight is 537 g/mol. The van der Waals surface area contributed by atoms with E-state index in [0.29, 0.717) is 44.4 Å². The van der Waals surface area contributed by atoms with Crippen molar-refractivity contribution in [2.75, 3.05) is 53.0 Å². The van der Waals surface area contributed by atoms with Gasteiger partial charge in [-0.25, -0.2) is 0 Å². The van der Waals surface area contributed by atoms with E-state index in [1.165, 1.54) is 0 Å². The summed E-state index contributed by atoms with van der Waals surface area (Å²) in [6.07, 6.45) is 2.44. The zero-order chi connectivity index (χ0) is 19.8. The fourth-order valence-electron chi connectivity index (χ4n) is 3.42. The van der Waals surface area contributed by atoms with Gasteiger partial charge in [0.1, 0.15) is 0 Å². The second-order valence-electron chi connectivity index (χ2n) is 7.05. The second-order valence-corrected chi connectivity index (χ2v) is 7.48. The first-order chi connectivity index (χ1) is 13.7. The molecule has 2 fully saturated rings. The minimum absolute atomic E-state index is 0. The molecule has 3 rings (SSSR count). The van der Waals surface area contributed by atoms with Gasteiger partial charge in [-0.15, -0.1) is 24.0 Å². The summed E-state index contributed by atoms with van der Waals surface area (Å²) in [6, 6.07) is 7.62. The van der Waals surface area contributed by atoms with E-state index in [-0.39, 0.29) is 36.0 Å². The van der Waals surface area contributed by atoms with E-state index in [4.69, 9.17) is 21.1 Å². The Balaban J connectivity index is 0.00000300. The normalized spacial score (nSPS) is 20.0. The molecule has 29 heavy (non-hydrogen) atoms. The van der Waals surface area contributed by atoms with Gasteiger partial charge in [0.2, 0.25) is 5.91 Å².